The van der Waals surface area contributed by atoms with Crippen molar-refractivity contribution in [2.45, 2.75) is 26.7 Å². The van der Waals surface area contributed by atoms with E-state index in [0.29, 0.717) is 18.1 Å². The summed E-state index contributed by atoms with van der Waals surface area (Å²) >= 11 is 0. The van der Waals surface area contributed by atoms with Crippen LogP contribution in [-0.2, 0) is 17.2 Å². The van der Waals surface area contributed by atoms with Gasteiger partial charge in [-0.3, -0.25) is 4.21 Å². The summed E-state index contributed by atoms with van der Waals surface area (Å²) in [5, 5.41) is 3.16. The van der Waals surface area contributed by atoms with Crippen molar-refractivity contribution in [3.8, 4) is 0 Å². The Labute approximate surface area is 99.3 Å². The summed E-state index contributed by atoms with van der Waals surface area (Å²) in [5.41, 5.74) is 1.05. The van der Waals surface area contributed by atoms with Gasteiger partial charge in [0.2, 0.25) is 0 Å². The van der Waals surface area contributed by atoms with Crippen LogP contribution < -0.4 is 5.32 Å². The van der Waals surface area contributed by atoms with E-state index < -0.39 is 10.8 Å². The molecule has 5 heteroatoms. The van der Waals surface area contributed by atoms with E-state index in [4.69, 9.17) is 0 Å². The number of hydrogen-bond acceptors (Lipinski definition) is 4. The number of nitrogens with zero attached hydrogens (tertiary/aromatic N) is 2. The molecule has 16 heavy (non-hydrogen) atoms. The minimum Gasteiger partial charge on any atom is -0.369 e. The molecule has 0 bridgehead atoms. The Morgan fingerprint density at radius 3 is 2.88 bits per heavy atom. The maximum atomic E-state index is 11.2. The third-order valence-corrected chi connectivity index (χ3v) is 3.49. The molecule has 0 aliphatic rings. The van der Waals surface area contributed by atoms with E-state index in [0.717, 1.165) is 24.4 Å². The zero-order valence-corrected chi connectivity index (χ0v) is 10.7. The first-order valence-electron chi connectivity index (χ1n) is 5.66. The zero-order chi connectivity index (χ0) is 11.8. The fraction of sp³-hybridized carbons (Fsp3) is 0.636. The molecule has 0 radical (unpaired) electrons. The van der Waals surface area contributed by atoms with Crippen LogP contribution in [0.1, 0.15) is 26.0 Å². The highest BCUT2D eigenvalue weighted by molar-refractivity contribution is 7.84. The van der Waals surface area contributed by atoms with Crippen molar-refractivity contribution in [3.63, 3.8) is 0 Å². The van der Waals surface area contributed by atoms with E-state index in [2.05, 4.69) is 22.2 Å². The van der Waals surface area contributed by atoms with Crippen LogP contribution in [0.2, 0.25) is 0 Å². The highest BCUT2D eigenvalue weighted by Crippen LogP contribution is 2.05. The fourth-order valence-corrected chi connectivity index (χ4v) is 1.94. The molecule has 90 valence electrons. The molecule has 1 atom stereocenters. The van der Waals surface area contributed by atoms with Gasteiger partial charge in [0.05, 0.1) is 0 Å². The Morgan fingerprint density at radius 2 is 2.19 bits per heavy atom. The second-order valence-corrected chi connectivity index (χ2v) is 5.37. The van der Waals surface area contributed by atoms with Crippen LogP contribution >= 0.6 is 0 Å². The van der Waals surface area contributed by atoms with Crippen molar-refractivity contribution in [2.24, 2.45) is 0 Å². The maximum Gasteiger partial charge on any atom is 0.129 e. The van der Waals surface area contributed by atoms with E-state index in [-0.39, 0.29) is 0 Å². The van der Waals surface area contributed by atoms with E-state index in [1.165, 1.54) is 0 Å². The molecule has 0 aromatic carbocycles. The highest BCUT2D eigenvalue weighted by atomic mass is 32.2. The molecule has 1 unspecified atom stereocenters. The van der Waals surface area contributed by atoms with Gasteiger partial charge in [-0.15, -0.1) is 0 Å². The number of hydrogen-bond donors (Lipinski definition) is 1. The second kappa shape index (κ2) is 7.33. The number of nitrogens with one attached hydrogen (secondary N) is 1. The predicted octanol–water partition coefficient (Wildman–Crippen LogP) is 1.61. The van der Waals surface area contributed by atoms with Crippen LogP contribution in [0, 0.1) is 0 Å². The van der Waals surface area contributed by atoms with E-state index in [1.54, 1.807) is 6.33 Å². The topological polar surface area (TPSA) is 54.9 Å². The first kappa shape index (κ1) is 13.1. The van der Waals surface area contributed by atoms with Gasteiger partial charge in [-0.05, 0) is 6.42 Å². The van der Waals surface area contributed by atoms with Gasteiger partial charge in [0.1, 0.15) is 12.1 Å². The summed E-state index contributed by atoms with van der Waals surface area (Å²) in [7, 11) is -0.715. The van der Waals surface area contributed by atoms with Gasteiger partial charge in [-0.2, -0.15) is 0 Å². The molecule has 0 aliphatic heterocycles. The standard InChI is InChI=1S/C11H19N3OS/c1-3-5-10-8-11(14-9-13-10)12-6-7-16(15)4-2/h8-9H,3-7H2,1-2H3,(H,12,13,14). The van der Waals surface area contributed by atoms with Gasteiger partial charge in [-0.25, -0.2) is 9.97 Å². The number of anilines is 1. The van der Waals surface area contributed by atoms with Crippen LogP contribution in [0.5, 0.6) is 0 Å². The lowest BCUT2D eigenvalue weighted by Gasteiger charge is -2.05. The minimum absolute atomic E-state index is 0.670. The Balaban J connectivity index is 2.41. The van der Waals surface area contributed by atoms with Gasteiger partial charge < -0.3 is 5.32 Å². The van der Waals surface area contributed by atoms with E-state index >= 15 is 0 Å². The molecule has 0 aliphatic carbocycles. The SMILES string of the molecule is CCCc1cc(NCCS(=O)CC)ncn1. The molecule has 0 amide bonds. The monoisotopic (exact) mass is 241 g/mol. The molecular formula is C11H19N3OS. The van der Waals surface area contributed by atoms with Crippen LogP contribution in [0.3, 0.4) is 0 Å². The molecule has 1 aromatic rings. The van der Waals surface area contributed by atoms with Crippen LogP contribution in [-0.4, -0.2) is 32.2 Å². The summed E-state index contributed by atoms with van der Waals surface area (Å²) in [5.74, 6) is 2.21. The third kappa shape index (κ3) is 4.70. The number of aryl methyl sites for hydroxylation is 1. The fourth-order valence-electron chi connectivity index (χ4n) is 1.32. The molecular weight excluding hydrogens is 222 g/mol. The normalized spacial score (nSPS) is 12.4. The third-order valence-electron chi connectivity index (χ3n) is 2.19. The molecule has 0 fully saturated rings. The van der Waals surface area contributed by atoms with Gasteiger partial charge in [0.25, 0.3) is 0 Å². The summed E-state index contributed by atoms with van der Waals surface area (Å²) in [6, 6.07) is 1.96. The van der Waals surface area contributed by atoms with E-state index in [1.807, 2.05) is 13.0 Å². The van der Waals surface area contributed by atoms with Crippen molar-refractivity contribution in [1.82, 2.24) is 9.97 Å². The molecule has 4 nitrogen and oxygen atoms in total. The lowest BCUT2D eigenvalue weighted by molar-refractivity contribution is 0.684. The predicted molar refractivity (Wildman–Crippen MR) is 68.1 cm³/mol. The molecule has 1 aromatic heterocycles. The van der Waals surface area contributed by atoms with Gasteiger partial charge in [-0.1, -0.05) is 20.3 Å². The van der Waals surface area contributed by atoms with Crippen molar-refractivity contribution >= 4 is 16.6 Å². The number of rotatable bonds is 7. The molecule has 0 saturated heterocycles. The van der Waals surface area contributed by atoms with Crippen molar-refractivity contribution in [1.29, 1.82) is 0 Å². The van der Waals surface area contributed by atoms with Crippen LogP contribution in [0.15, 0.2) is 12.4 Å². The smallest absolute Gasteiger partial charge is 0.129 e. The first-order valence-corrected chi connectivity index (χ1v) is 7.14. The van der Waals surface area contributed by atoms with Crippen LogP contribution in [0.25, 0.3) is 0 Å². The summed E-state index contributed by atoms with van der Waals surface area (Å²) in [6.07, 6.45) is 3.62. The number of aromatic nitrogens is 2. The quantitative estimate of drug-likeness (QED) is 0.788. The minimum atomic E-state index is -0.715. The van der Waals surface area contributed by atoms with Crippen molar-refractivity contribution in [2.75, 3.05) is 23.4 Å². The van der Waals surface area contributed by atoms with E-state index in [9.17, 15) is 4.21 Å². The van der Waals surface area contributed by atoms with Gasteiger partial charge in [0.15, 0.2) is 0 Å². The average Bonchev–Trinajstić information content (AvgIpc) is 2.30. The Kier molecular flexibility index (Phi) is 6.00. The lowest BCUT2D eigenvalue weighted by atomic mass is 10.2. The Hall–Kier alpha value is -0.970. The van der Waals surface area contributed by atoms with Gasteiger partial charge >= 0.3 is 0 Å². The highest BCUT2D eigenvalue weighted by Gasteiger charge is 1.99. The molecule has 1 rings (SSSR count). The first-order chi connectivity index (χ1) is 7.76. The Bertz CT molecular complexity index is 344. The van der Waals surface area contributed by atoms with Crippen LogP contribution in [0.4, 0.5) is 5.82 Å². The molecule has 0 spiro atoms. The summed E-state index contributed by atoms with van der Waals surface area (Å²) < 4.78 is 11.2. The molecule has 0 saturated carbocycles. The lowest BCUT2D eigenvalue weighted by Crippen LogP contribution is -2.13. The molecule has 1 N–H and O–H groups in total. The summed E-state index contributed by atoms with van der Waals surface area (Å²) in [6.45, 7) is 4.75. The van der Waals surface area contributed by atoms with Gasteiger partial charge in [0, 0.05) is 40.6 Å². The molecule has 1 heterocycles. The summed E-state index contributed by atoms with van der Waals surface area (Å²) in [4.78, 5) is 8.30. The maximum absolute atomic E-state index is 11.2. The Morgan fingerprint density at radius 1 is 1.38 bits per heavy atom. The zero-order valence-electron chi connectivity index (χ0n) is 9.90. The van der Waals surface area contributed by atoms with Crippen molar-refractivity contribution in [3.05, 3.63) is 18.1 Å². The second-order valence-electron chi connectivity index (χ2n) is 3.50. The largest absolute Gasteiger partial charge is 0.369 e. The average molecular weight is 241 g/mol. The van der Waals surface area contributed by atoms with Crippen molar-refractivity contribution < 1.29 is 4.21 Å².